The molecular weight excluding hydrogens is 264 g/mol. The van der Waals surface area contributed by atoms with E-state index < -0.39 is 0 Å². The first kappa shape index (κ1) is 15.9. The zero-order valence-electron chi connectivity index (χ0n) is 13.2. The molecule has 116 valence electrons. The molecule has 0 aliphatic carbocycles. The first-order chi connectivity index (χ1) is 10.1. The average molecular weight is 290 g/mol. The minimum atomic E-state index is -0.0482. The second kappa shape index (κ2) is 7.52. The van der Waals surface area contributed by atoms with Crippen molar-refractivity contribution in [3.63, 3.8) is 0 Å². The van der Waals surface area contributed by atoms with Crippen LogP contribution in [-0.2, 0) is 11.3 Å². The number of pyridine rings is 1. The molecule has 0 aromatic carbocycles. The summed E-state index contributed by atoms with van der Waals surface area (Å²) >= 11 is 0. The Labute approximate surface area is 127 Å². The Kier molecular flexibility index (Phi) is 5.70. The van der Waals surface area contributed by atoms with E-state index in [-0.39, 0.29) is 18.0 Å². The van der Waals surface area contributed by atoms with Gasteiger partial charge in [0.15, 0.2) is 0 Å². The van der Waals surface area contributed by atoms with Crippen molar-refractivity contribution in [2.45, 2.75) is 39.4 Å². The molecule has 1 amide bonds. The molecule has 5 nitrogen and oxygen atoms in total. The maximum absolute atomic E-state index is 12.1. The molecule has 0 bridgehead atoms. The molecule has 1 fully saturated rings. The summed E-state index contributed by atoms with van der Waals surface area (Å²) in [5, 5.41) is 2.99. The van der Waals surface area contributed by atoms with Crippen molar-refractivity contribution in [1.29, 1.82) is 0 Å². The second-order valence-corrected chi connectivity index (χ2v) is 6.01. The SMILES string of the molecule is CC(C)NC(=O)C(C)N1CCN(Cc2cccnc2)CC1. The van der Waals surface area contributed by atoms with Crippen LogP contribution in [0.1, 0.15) is 26.3 Å². The second-order valence-electron chi connectivity index (χ2n) is 6.01. The zero-order chi connectivity index (χ0) is 15.2. The number of carbonyl (C=O) groups is 1. The molecule has 2 heterocycles. The lowest BCUT2D eigenvalue weighted by molar-refractivity contribution is -0.127. The number of hydrogen-bond acceptors (Lipinski definition) is 4. The van der Waals surface area contributed by atoms with Crippen LogP contribution >= 0.6 is 0 Å². The van der Waals surface area contributed by atoms with Crippen molar-refractivity contribution < 1.29 is 4.79 Å². The lowest BCUT2D eigenvalue weighted by Gasteiger charge is -2.37. The number of rotatable bonds is 5. The molecule has 1 aliphatic rings. The fourth-order valence-corrected chi connectivity index (χ4v) is 2.63. The summed E-state index contributed by atoms with van der Waals surface area (Å²) in [6.45, 7) is 10.8. The van der Waals surface area contributed by atoms with Crippen molar-refractivity contribution in [2.24, 2.45) is 0 Å². The number of nitrogens with one attached hydrogen (secondary N) is 1. The normalized spacial score (nSPS) is 18.7. The van der Waals surface area contributed by atoms with Gasteiger partial charge < -0.3 is 5.32 Å². The van der Waals surface area contributed by atoms with E-state index in [1.807, 2.05) is 33.0 Å². The lowest BCUT2D eigenvalue weighted by atomic mass is 10.2. The first-order valence-corrected chi connectivity index (χ1v) is 7.72. The summed E-state index contributed by atoms with van der Waals surface area (Å²) in [5.74, 6) is 0.130. The standard InChI is InChI=1S/C16H26N4O/c1-13(2)18-16(21)14(3)20-9-7-19(8-10-20)12-15-5-4-6-17-11-15/h4-6,11,13-14H,7-10,12H2,1-3H3,(H,18,21). The van der Waals surface area contributed by atoms with Gasteiger partial charge >= 0.3 is 0 Å². The minimum absolute atomic E-state index is 0.0482. The van der Waals surface area contributed by atoms with Crippen LogP contribution in [-0.4, -0.2) is 59.0 Å². The van der Waals surface area contributed by atoms with Crippen molar-refractivity contribution in [3.8, 4) is 0 Å². The molecule has 0 spiro atoms. The molecule has 21 heavy (non-hydrogen) atoms. The Bertz CT molecular complexity index is 441. The molecule has 1 aliphatic heterocycles. The third-order valence-corrected chi connectivity index (χ3v) is 3.89. The van der Waals surface area contributed by atoms with Crippen LogP contribution in [0, 0.1) is 0 Å². The Balaban J connectivity index is 1.79. The monoisotopic (exact) mass is 290 g/mol. The average Bonchev–Trinajstić information content (AvgIpc) is 2.47. The number of carbonyl (C=O) groups excluding carboxylic acids is 1. The van der Waals surface area contributed by atoms with Crippen LogP contribution in [0.15, 0.2) is 24.5 Å². The summed E-state index contributed by atoms with van der Waals surface area (Å²) in [6.07, 6.45) is 3.72. The van der Waals surface area contributed by atoms with Gasteiger partial charge in [-0.25, -0.2) is 0 Å². The van der Waals surface area contributed by atoms with E-state index in [4.69, 9.17) is 0 Å². The number of hydrogen-bond donors (Lipinski definition) is 1. The van der Waals surface area contributed by atoms with Gasteiger partial charge in [-0.2, -0.15) is 0 Å². The Morgan fingerprint density at radius 1 is 1.29 bits per heavy atom. The van der Waals surface area contributed by atoms with Gasteiger partial charge in [-0.3, -0.25) is 19.6 Å². The molecular formula is C16H26N4O. The van der Waals surface area contributed by atoms with Crippen LogP contribution in [0.2, 0.25) is 0 Å². The van der Waals surface area contributed by atoms with Crippen LogP contribution in [0.5, 0.6) is 0 Å². The summed E-state index contributed by atoms with van der Waals surface area (Å²) < 4.78 is 0. The summed E-state index contributed by atoms with van der Waals surface area (Å²) in [5.41, 5.74) is 1.25. The highest BCUT2D eigenvalue weighted by molar-refractivity contribution is 5.81. The summed E-state index contributed by atoms with van der Waals surface area (Å²) in [7, 11) is 0. The number of aromatic nitrogens is 1. The molecule has 0 radical (unpaired) electrons. The van der Waals surface area contributed by atoms with Crippen LogP contribution in [0.4, 0.5) is 0 Å². The van der Waals surface area contributed by atoms with Crippen LogP contribution < -0.4 is 5.32 Å². The van der Waals surface area contributed by atoms with Crippen LogP contribution in [0.25, 0.3) is 0 Å². The molecule has 5 heteroatoms. The smallest absolute Gasteiger partial charge is 0.237 e. The maximum Gasteiger partial charge on any atom is 0.237 e. The van der Waals surface area contributed by atoms with Gasteiger partial charge in [0.05, 0.1) is 6.04 Å². The fraction of sp³-hybridized carbons (Fsp3) is 0.625. The lowest BCUT2D eigenvalue weighted by Crippen LogP contribution is -2.54. The molecule has 1 atom stereocenters. The van der Waals surface area contributed by atoms with Crippen molar-refractivity contribution in [3.05, 3.63) is 30.1 Å². The van der Waals surface area contributed by atoms with E-state index in [1.54, 1.807) is 6.20 Å². The van der Waals surface area contributed by atoms with Crippen molar-refractivity contribution in [2.75, 3.05) is 26.2 Å². The predicted octanol–water partition coefficient (Wildman–Crippen LogP) is 1.11. The first-order valence-electron chi connectivity index (χ1n) is 7.72. The van der Waals surface area contributed by atoms with Gasteiger partial charge in [0.25, 0.3) is 0 Å². The number of amides is 1. The predicted molar refractivity (Wildman–Crippen MR) is 83.8 cm³/mol. The minimum Gasteiger partial charge on any atom is -0.353 e. The van der Waals surface area contributed by atoms with E-state index in [1.165, 1.54) is 5.56 Å². The molecule has 1 N–H and O–H groups in total. The Morgan fingerprint density at radius 2 is 2.00 bits per heavy atom. The third-order valence-electron chi connectivity index (χ3n) is 3.89. The van der Waals surface area contributed by atoms with E-state index >= 15 is 0 Å². The Morgan fingerprint density at radius 3 is 2.57 bits per heavy atom. The fourth-order valence-electron chi connectivity index (χ4n) is 2.63. The molecule has 1 aromatic heterocycles. The molecule has 1 saturated heterocycles. The van der Waals surface area contributed by atoms with Gasteiger partial charge in [-0.1, -0.05) is 6.07 Å². The van der Waals surface area contributed by atoms with E-state index in [9.17, 15) is 4.79 Å². The van der Waals surface area contributed by atoms with Crippen molar-refractivity contribution in [1.82, 2.24) is 20.1 Å². The zero-order valence-corrected chi connectivity index (χ0v) is 13.2. The molecule has 2 rings (SSSR count). The topological polar surface area (TPSA) is 48.5 Å². The Hall–Kier alpha value is -1.46. The molecule has 1 unspecified atom stereocenters. The highest BCUT2D eigenvalue weighted by Crippen LogP contribution is 2.10. The van der Waals surface area contributed by atoms with Gasteiger partial charge in [0.2, 0.25) is 5.91 Å². The van der Waals surface area contributed by atoms with E-state index in [0.29, 0.717) is 0 Å². The van der Waals surface area contributed by atoms with Crippen molar-refractivity contribution >= 4 is 5.91 Å². The highest BCUT2D eigenvalue weighted by atomic mass is 16.2. The van der Waals surface area contributed by atoms with Gasteiger partial charge in [0.1, 0.15) is 0 Å². The quantitative estimate of drug-likeness (QED) is 0.882. The number of piperazine rings is 1. The summed E-state index contributed by atoms with van der Waals surface area (Å²) in [4.78, 5) is 20.9. The third kappa shape index (κ3) is 4.79. The maximum atomic E-state index is 12.1. The van der Waals surface area contributed by atoms with Gasteiger partial charge in [0, 0.05) is 51.2 Å². The van der Waals surface area contributed by atoms with Gasteiger partial charge in [-0.05, 0) is 32.4 Å². The van der Waals surface area contributed by atoms with Gasteiger partial charge in [-0.15, -0.1) is 0 Å². The van der Waals surface area contributed by atoms with Crippen LogP contribution in [0.3, 0.4) is 0 Å². The highest BCUT2D eigenvalue weighted by Gasteiger charge is 2.25. The number of nitrogens with zero attached hydrogens (tertiary/aromatic N) is 3. The van der Waals surface area contributed by atoms with E-state index in [0.717, 1.165) is 32.7 Å². The molecule has 1 aromatic rings. The largest absolute Gasteiger partial charge is 0.353 e. The molecule has 0 saturated carbocycles. The van der Waals surface area contributed by atoms with E-state index in [2.05, 4.69) is 26.2 Å². The summed E-state index contributed by atoms with van der Waals surface area (Å²) in [6, 6.07) is 4.24.